The number of hydrogen-bond donors (Lipinski definition) is 1. The Bertz CT molecular complexity index is 938. The maximum Gasteiger partial charge on any atom is 0.409 e. The highest BCUT2D eigenvalue weighted by Crippen LogP contribution is 2.44. The molecule has 1 aliphatic heterocycles. The largest absolute Gasteiger partial charge is 0.493 e. The van der Waals surface area contributed by atoms with Crippen LogP contribution in [0.5, 0.6) is 5.75 Å². The van der Waals surface area contributed by atoms with Crippen molar-refractivity contribution in [2.24, 2.45) is 5.41 Å². The van der Waals surface area contributed by atoms with Crippen LogP contribution in [0.2, 0.25) is 0 Å². The summed E-state index contributed by atoms with van der Waals surface area (Å²) in [6, 6.07) is 8.26. The fourth-order valence-corrected chi connectivity index (χ4v) is 4.42. The highest BCUT2D eigenvalue weighted by atomic mass is 19.4. The zero-order valence-electron chi connectivity index (χ0n) is 19.8. The number of halogens is 3. The number of carbonyl (C=O) groups is 1. The van der Waals surface area contributed by atoms with E-state index in [1.54, 1.807) is 44.2 Å². The number of alkyl halides is 3. The van der Waals surface area contributed by atoms with Crippen LogP contribution in [0.1, 0.15) is 77.3 Å². The quantitative estimate of drug-likeness (QED) is 0.366. The average molecular weight is 465 g/mol. The third kappa shape index (κ3) is 6.19. The SMILES string of the molecule is CCCCCCCCCOc1cccc2cccc(C(N3CC(C)(C)C(=O)N3)C(F)(F)F)c12. The van der Waals surface area contributed by atoms with Crippen LogP contribution in [0.15, 0.2) is 36.4 Å². The Morgan fingerprint density at radius 1 is 1.03 bits per heavy atom. The van der Waals surface area contributed by atoms with Crippen LogP contribution in [0, 0.1) is 5.41 Å². The van der Waals surface area contributed by atoms with E-state index >= 15 is 0 Å². The number of carbonyl (C=O) groups excluding carboxylic acids is 1. The van der Waals surface area contributed by atoms with Crippen LogP contribution in [-0.2, 0) is 4.79 Å². The van der Waals surface area contributed by atoms with Gasteiger partial charge < -0.3 is 4.74 Å². The Hall–Kier alpha value is -2.28. The lowest BCUT2D eigenvalue weighted by Crippen LogP contribution is -2.43. The molecule has 1 unspecified atom stereocenters. The Morgan fingerprint density at radius 3 is 2.27 bits per heavy atom. The number of benzene rings is 2. The molecule has 2 aromatic rings. The zero-order valence-corrected chi connectivity index (χ0v) is 19.8. The minimum Gasteiger partial charge on any atom is -0.493 e. The van der Waals surface area contributed by atoms with E-state index in [1.165, 1.54) is 31.7 Å². The lowest BCUT2D eigenvalue weighted by molar-refractivity contribution is -0.191. The smallest absolute Gasteiger partial charge is 0.409 e. The van der Waals surface area contributed by atoms with Gasteiger partial charge in [-0.25, -0.2) is 5.01 Å². The Morgan fingerprint density at radius 2 is 1.67 bits per heavy atom. The Balaban J connectivity index is 1.83. The van der Waals surface area contributed by atoms with Gasteiger partial charge in [0.15, 0.2) is 6.04 Å². The molecule has 0 aliphatic carbocycles. The van der Waals surface area contributed by atoms with Gasteiger partial charge in [-0.1, -0.05) is 75.8 Å². The van der Waals surface area contributed by atoms with Crippen LogP contribution in [0.4, 0.5) is 13.2 Å². The topological polar surface area (TPSA) is 41.6 Å². The first-order chi connectivity index (χ1) is 15.6. The van der Waals surface area contributed by atoms with Crippen LogP contribution in [0.3, 0.4) is 0 Å². The number of ether oxygens (including phenoxy) is 1. The maximum atomic E-state index is 14.3. The molecule has 182 valence electrons. The lowest BCUT2D eigenvalue weighted by Gasteiger charge is -2.31. The number of amides is 1. The molecule has 0 spiro atoms. The molecule has 2 aromatic carbocycles. The second-order valence-corrected chi connectivity index (χ2v) is 9.57. The van der Waals surface area contributed by atoms with E-state index in [-0.39, 0.29) is 12.1 Å². The molecule has 1 N–H and O–H groups in total. The summed E-state index contributed by atoms with van der Waals surface area (Å²) in [4.78, 5) is 12.2. The van der Waals surface area contributed by atoms with Gasteiger partial charge in [-0.3, -0.25) is 10.2 Å². The van der Waals surface area contributed by atoms with Gasteiger partial charge in [0, 0.05) is 11.9 Å². The van der Waals surface area contributed by atoms with Gasteiger partial charge in [0.2, 0.25) is 5.91 Å². The summed E-state index contributed by atoms with van der Waals surface area (Å²) < 4.78 is 49.0. The van der Waals surface area contributed by atoms with Crippen molar-refractivity contribution in [2.45, 2.75) is 77.9 Å². The monoisotopic (exact) mass is 464 g/mol. The fraction of sp³-hybridized carbons (Fsp3) is 0.577. The molecule has 1 saturated heterocycles. The van der Waals surface area contributed by atoms with E-state index in [4.69, 9.17) is 4.74 Å². The van der Waals surface area contributed by atoms with E-state index in [2.05, 4.69) is 12.3 Å². The first-order valence-corrected chi connectivity index (χ1v) is 11.9. The molecule has 1 atom stereocenters. The number of hydrazine groups is 1. The van der Waals surface area contributed by atoms with Gasteiger partial charge in [-0.05, 0) is 37.3 Å². The molecule has 0 aromatic heterocycles. The lowest BCUT2D eigenvalue weighted by atomic mass is 9.93. The van der Waals surface area contributed by atoms with Crippen molar-refractivity contribution in [3.63, 3.8) is 0 Å². The van der Waals surface area contributed by atoms with E-state index in [0.29, 0.717) is 23.1 Å². The molecule has 1 amide bonds. The van der Waals surface area contributed by atoms with E-state index < -0.39 is 23.5 Å². The van der Waals surface area contributed by atoms with E-state index in [1.807, 2.05) is 0 Å². The van der Waals surface area contributed by atoms with Crippen molar-refractivity contribution >= 4 is 16.7 Å². The first kappa shape index (κ1) is 25.3. The summed E-state index contributed by atoms with van der Waals surface area (Å²) >= 11 is 0. The second kappa shape index (κ2) is 10.8. The molecule has 33 heavy (non-hydrogen) atoms. The van der Waals surface area contributed by atoms with Crippen LogP contribution in [0.25, 0.3) is 10.8 Å². The number of nitrogens with zero attached hydrogens (tertiary/aromatic N) is 1. The maximum absolute atomic E-state index is 14.3. The van der Waals surface area contributed by atoms with Crippen molar-refractivity contribution in [1.82, 2.24) is 10.4 Å². The molecule has 0 bridgehead atoms. The Kier molecular flexibility index (Phi) is 8.27. The van der Waals surface area contributed by atoms with Crippen LogP contribution in [-0.4, -0.2) is 30.2 Å². The molecule has 1 aliphatic rings. The fourth-order valence-electron chi connectivity index (χ4n) is 4.42. The predicted molar refractivity (Wildman–Crippen MR) is 125 cm³/mol. The average Bonchev–Trinajstić information content (AvgIpc) is 3.01. The zero-order chi connectivity index (χ0) is 24.1. The number of unbranched alkanes of at least 4 members (excludes halogenated alkanes) is 6. The normalized spacial score (nSPS) is 17.3. The first-order valence-electron chi connectivity index (χ1n) is 11.9. The minimum atomic E-state index is -4.58. The number of hydrogen-bond acceptors (Lipinski definition) is 3. The molecule has 0 saturated carbocycles. The summed E-state index contributed by atoms with van der Waals surface area (Å²) in [5.74, 6) is 0.0421. The Labute approximate surface area is 194 Å². The molecule has 1 fully saturated rings. The van der Waals surface area contributed by atoms with Crippen molar-refractivity contribution in [3.8, 4) is 5.75 Å². The second-order valence-electron chi connectivity index (χ2n) is 9.57. The molecule has 7 heteroatoms. The minimum absolute atomic E-state index is 0.0343. The summed E-state index contributed by atoms with van der Waals surface area (Å²) in [7, 11) is 0. The predicted octanol–water partition coefficient (Wildman–Crippen LogP) is 6.95. The molecule has 1 heterocycles. The van der Waals surface area contributed by atoms with E-state index in [0.717, 1.165) is 24.3 Å². The van der Waals surface area contributed by atoms with Crippen LogP contribution < -0.4 is 10.2 Å². The summed E-state index contributed by atoms with van der Waals surface area (Å²) in [5, 5.41) is 2.15. The molecular formula is C26H35F3N2O2. The molecular weight excluding hydrogens is 429 g/mol. The molecule has 4 nitrogen and oxygen atoms in total. The van der Waals surface area contributed by atoms with Crippen molar-refractivity contribution in [1.29, 1.82) is 0 Å². The summed E-state index contributed by atoms with van der Waals surface area (Å²) in [5.41, 5.74) is 1.64. The number of nitrogens with one attached hydrogen (secondary N) is 1. The van der Waals surface area contributed by atoms with Crippen molar-refractivity contribution in [3.05, 3.63) is 42.0 Å². The van der Waals surface area contributed by atoms with Gasteiger partial charge in [0.1, 0.15) is 5.75 Å². The summed E-state index contributed by atoms with van der Waals surface area (Å²) in [6.07, 6.45) is 3.39. The summed E-state index contributed by atoms with van der Waals surface area (Å²) in [6.45, 7) is 5.91. The van der Waals surface area contributed by atoms with Gasteiger partial charge in [0.25, 0.3) is 0 Å². The highest BCUT2D eigenvalue weighted by molar-refractivity contribution is 5.92. The van der Waals surface area contributed by atoms with Gasteiger partial charge >= 0.3 is 6.18 Å². The van der Waals surface area contributed by atoms with Crippen molar-refractivity contribution in [2.75, 3.05) is 13.2 Å². The van der Waals surface area contributed by atoms with Gasteiger partial charge in [-0.15, -0.1) is 0 Å². The third-order valence-electron chi connectivity index (χ3n) is 6.25. The number of fused-ring (bicyclic) bond motifs is 1. The van der Waals surface area contributed by atoms with E-state index in [9.17, 15) is 18.0 Å². The van der Waals surface area contributed by atoms with Gasteiger partial charge in [-0.2, -0.15) is 13.2 Å². The third-order valence-corrected chi connectivity index (χ3v) is 6.25. The standard InChI is InChI=1S/C26H35F3N2O2/c1-4-5-6-7-8-9-10-17-33-21-16-12-14-19-13-11-15-20(22(19)21)23(26(27,28)29)31-18-25(2,3)24(32)30-31/h11-16,23H,4-10,17-18H2,1-3H3,(H,30,32). The molecule has 0 radical (unpaired) electrons. The van der Waals surface area contributed by atoms with Crippen LogP contribution >= 0.6 is 0 Å². The molecule has 3 rings (SSSR count). The van der Waals surface area contributed by atoms with Crippen molar-refractivity contribution < 1.29 is 22.7 Å². The van der Waals surface area contributed by atoms with Gasteiger partial charge in [0.05, 0.1) is 12.0 Å². The highest BCUT2D eigenvalue weighted by Gasteiger charge is 2.51. The number of rotatable bonds is 11.